The minimum Gasteiger partial charge on any atom is -0.338 e. The molecule has 1 aromatic rings. The maximum absolute atomic E-state index is 12.2. The highest BCUT2D eigenvalue weighted by atomic mass is 32.1. The van der Waals surface area contributed by atoms with Gasteiger partial charge in [-0.3, -0.25) is 4.57 Å². The molecule has 0 fully saturated rings. The second kappa shape index (κ2) is 5.20. The molecule has 0 saturated heterocycles. The van der Waals surface area contributed by atoms with E-state index in [1.165, 1.54) is 4.90 Å². The smallest absolute Gasteiger partial charge is 0.255 e. The number of aromatic nitrogens is 3. The van der Waals surface area contributed by atoms with Crippen LogP contribution in [-0.2, 0) is 6.54 Å². The fourth-order valence-electron chi connectivity index (χ4n) is 1.31. The summed E-state index contributed by atoms with van der Waals surface area (Å²) in [5.41, 5.74) is 0. The molecule has 1 N–H and O–H groups in total. The SMILES string of the molecule is CCCn1c(N(C)CC(F)F)n[nH]c1=S. The van der Waals surface area contributed by atoms with Crippen LogP contribution in [0.5, 0.6) is 0 Å². The molecule has 86 valence electrons. The van der Waals surface area contributed by atoms with Gasteiger partial charge in [-0.2, -0.15) is 0 Å². The van der Waals surface area contributed by atoms with Crippen molar-refractivity contribution in [3.63, 3.8) is 0 Å². The molecule has 0 aliphatic carbocycles. The van der Waals surface area contributed by atoms with Crippen molar-refractivity contribution in [3.05, 3.63) is 4.77 Å². The van der Waals surface area contributed by atoms with Gasteiger partial charge in [0.2, 0.25) is 5.95 Å². The lowest BCUT2D eigenvalue weighted by Crippen LogP contribution is -2.27. The average Bonchev–Trinajstić information content (AvgIpc) is 2.48. The third-order valence-corrected chi connectivity index (χ3v) is 2.25. The van der Waals surface area contributed by atoms with Gasteiger partial charge in [-0.25, -0.2) is 13.9 Å². The molecule has 7 heteroatoms. The summed E-state index contributed by atoms with van der Waals surface area (Å²) in [6.45, 7) is 2.33. The third kappa shape index (κ3) is 2.98. The van der Waals surface area contributed by atoms with Gasteiger partial charge in [0.15, 0.2) is 4.77 Å². The Bertz CT molecular complexity index is 360. The molecule has 0 aliphatic rings. The highest BCUT2D eigenvalue weighted by Gasteiger charge is 2.14. The van der Waals surface area contributed by atoms with Crippen LogP contribution in [0, 0.1) is 4.77 Å². The summed E-state index contributed by atoms with van der Waals surface area (Å²) < 4.78 is 26.5. The number of rotatable bonds is 5. The Balaban J connectivity index is 2.88. The molecule has 0 unspecified atom stereocenters. The molecule has 0 amide bonds. The molecule has 0 atom stereocenters. The summed E-state index contributed by atoms with van der Waals surface area (Å²) in [6, 6.07) is 0. The van der Waals surface area contributed by atoms with Crippen LogP contribution in [0.1, 0.15) is 13.3 Å². The molecule has 0 saturated carbocycles. The van der Waals surface area contributed by atoms with Crippen LogP contribution in [-0.4, -0.2) is 34.8 Å². The van der Waals surface area contributed by atoms with Gasteiger partial charge >= 0.3 is 0 Å². The van der Waals surface area contributed by atoms with Gasteiger partial charge in [-0.15, -0.1) is 5.10 Å². The van der Waals surface area contributed by atoms with E-state index in [9.17, 15) is 8.78 Å². The molecule has 1 rings (SSSR count). The molecule has 15 heavy (non-hydrogen) atoms. The van der Waals surface area contributed by atoms with Crippen molar-refractivity contribution in [3.8, 4) is 0 Å². The Hall–Kier alpha value is -0.980. The first kappa shape index (κ1) is 12.1. The normalized spacial score (nSPS) is 11.0. The predicted molar refractivity (Wildman–Crippen MR) is 57.0 cm³/mol. The van der Waals surface area contributed by atoms with Crippen molar-refractivity contribution in [2.45, 2.75) is 26.3 Å². The number of hydrogen-bond donors (Lipinski definition) is 1. The minimum absolute atomic E-state index is 0.344. The third-order valence-electron chi connectivity index (χ3n) is 1.94. The maximum Gasteiger partial charge on any atom is 0.255 e. The fraction of sp³-hybridized carbons (Fsp3) is 0.750. The monoisotopic (exact) mass is 236 g/mol. The van der Waals surface area contributed by atoms with E-state index in [-0.39, 0.29) is 6.54 Å². The van der Waals surface area contributed by atoms with Gasteiger partial charge in [0.1, 0.15) is 0 Å². The molecule has 1 aromatic heterocycles. The van der Waals surface area contributed by atoms with E-state index in [0.29, 0.717) is 17.3 Å². The first-order valence-electron chi connectivity index (χ1n) is 4.70. The molecule has 0 spiro atoms. The second-order valence-electron chi connectivity index (χ2n) is 3.25. The van der Waals surface area contributed by atoms with Crippen molar-refractivity contribution in [1.29, 1.82) is 0 Å². The number of hydrogen-bond acceptors (Lipinski definition) is 3. The van der Waals surface area contributed by atoms with Crippen molar-refractivity contribution < 1.29 is 8.78 Å². The van der Waals surface area contributed by atoms with E-state index in [1.807, 2.05) is 6.92 Å². The number of aromatic amines is 1. The zero-order valence-corrected chi connectivity index (χ0v) is 9.52. The summed E-state index contributed by atoms with van der Waals surface area (Å²) in [5, 5.41) is 6.53. The fourth-order valence-corrected chi connectivity index (χ4v) is 1.53. The van der Waals surface area contributed by atoms with Crippen LogP contribution in [0.4, 0.5) is 14.7 Å². The molecular formula is C8H14F2N4S. The topological polar surface area (TPSA) is 36.9 Å². The quantitative estimate of drug-likeness (QED) is 0.795. The summed E-state index contributed by atoms with van der Waals surface area (Å²) in [5.74, 6) is 0.460. The van der Waals surface area contributed by atoms with Gasteiger partial charge in [0.05, 0.1) is 6.54 Å². The number of nitrogens with zero attached hydrogens (tertiary/aromatic N) is 3. The molecule has 0 aromatic carbocycles. The van der Waals surface area contributed by atoms with E-state index in [0.717, 1.165) is 6.42 Å². The molecule has 0 aliphatic heterocycles. The standard InChI is InChI=1S/C8H14F2N4S/c1-3-4-14-7(11-12-8(14)15)13(2)5-6(9)10/h6H,3-5H2,1-2H3,(H,12,15). The number of nitrogens with one attached hydrogen (secondary N) is 1. The number of H-pyrrole nitrogens is 1. The van der Waals surface area contributed by atoms with E-state index >= 15 is 0 Å². The maximum atomic E-state index is 12.2. The Kier molecular flexibility index (Phi) is 4.19. The lowest BCUT2D eigenvalue weighted by molar-refractivity contribution is 0.156. The summed E-state index contributed by atoms with van der Waals surface area (Å²) in [4.78, 5) is 1.40. The lowest BCUT2D eigenvalue weighted by atomic mass is 10.5. The summed E-state index contributed by atoms with van der Waals surface area (Å²) in [6.07, 6.45) is -1.50. The van der Waals surface area contributed by atoms with Crippen molar-refractivity contribution >= 4 is 18.2 Å². The molecule has 0 radical (unpaired) electrons. The largest absolute Gasteiger partial charge is 0.338 e. The second-order valence-corrected chi connectivity index (χ2v) is 3.64. The van der Waals surface area contributed by atoms with Crippen molar-refractivity contribution in [1.82, 2.24) is 14.8 Å². The first-order chi connectivity index (χ1) is 7.06. The van der Waals surface area contributed by atoms with Crippen molar-refractivity contribution in [2.75, 3.05) is 18.5 Å². The van der Waals surface area contributed by atoms with E-state index in [2.05, 4.69) is 10.2 Å². The summed E-state index contributed by atoms with van der Waals surface area (Å²) in [7, 11) is 1.57. The van der Waals surface area contributed by atoms with E-state index in [4.69, 9.17) is 12.2 Å². The highest BCUT2D eigenvalue weighted by molar-refractivity contribution is 7.71. The van der Waals surface area contributed by atoms with Gasteiger partial charge in [0, 0.05) is 13.6 Å². The first-order valence-corrected chi connectivity index (χ1v) is 5.11. The van der Waals surface area contributed by atoms with Crippen LogP contribution in [0.2, 0.25) is 0 Å². The van der Waals surface area contributed by atoms with Crippen LogP contribution in [0.15, 0.2) is 0 Å². The van der Waals surface area contributed by atoms with Gasteiger partial charge in [-0.1, -0.05) is 6.92 Å². The number of halogens is 2. The van der Waals surface area contributed by atoms with E-state index < -0.39 is 6.43 Å². The number of alkyl halides is 2. The Morgan fingerprint density at radius 2 is 2.27 bits per heavy atom. The average molecular weight is 236 g/mol. The van der Waals surface area contributed by atoms with Crippen LogP contribution < -0.4 is 4.90 Å². The van der Waals surface area contributed by atoms with E-state index in [1.54, 1.807) is 11.6 Å². The molecular weight excluding hydrogens is 222 g/mol. The van der Waals surface area contributed by atoms with Gasteiger partial charge in [-0.05, 0) is 18.6 Å². The Labute approximate surface area is 91.9 Å². The molecule has 4 nitrogen and oxygen atoms in total. The zero-order valence-electron chi connectivity index (χ0n) is 8.70. The minimum atomic E-state index is -2.38. The van der Waals surface area contributed by atoms with Crippen LogP contribution in [0.3, 0.4) is 0 Å². The van der Waals surface area contributed by atoms with Gasteiger partial charge < -0.3 is 4.90 Å². The molecule has 1 heterocycles. The van der Waals surface area contributed by atoms with Crippen LogP contribution >= 0.6 is 12.2 Å². The number of anilines is 1. The zero-order chi connectivity index (χ0) is 11.4. The highest BCUT2D eigenvalue weighted by Crippen LogP contribution is 2.11. The van der Waals surface area contributed by atoms with Crippen molar-refractivity contribution in [2.24, 2.45) is 0 Å². The predicted octanol–water partition coefficient (Wildman–Crippen LogP) is 2.05. The van der Waals surface area contributed by atoms with Gasteiger partial charge in [0.25, 0.3) is 6.43 Å². The van der Waals surface area contributed by atoms with Crippen LogP contribution in [0.25, 0.3) is 0 Å². The molecule has 0 bridgehead atoms. The Morgan fingerprint density at radius 3 is 2.80 bits per heavy atom. The Morgan fingerprint density at radius 1 is 1.60 bits per heavy atom. The summed E-state index contributed by atoms with van der Waals surface area (Å²) >= 11 is 5.00. The lowest BCUT2D eigenvalue weighted by Gasteiger charge is -2.17.